The fourth-order valence-corrected chi connectivity index (χ4v) is 6.22. The molecule has 8 aromatic rings. The van der Waals surface area contributed by atoms with Crippen LogP contribution in [0.2, 0.25) is 0 Å². The number of rotatable bonds is 0. The van der Waals surface area contributed by atoms with Gasteiger partial charge in [0.25, 0.3) is 0 Å². The van der Waals surface area contributed by atoms with Crippen molar-refractivity contribution >= 4 is 43.6 Å². The summed E-state index contributed by atoms with van der Waals surface area (Å²) in [6, 6.07) is 41.6. The third-order valence-electron chi connectivity index (χ3n) is 7.97. The van der Waals surface area contributed by atoms with Gasteiger partial charge in [-0.05, 0) is 35.0 Å². The van der Waals surface area contributed by atoms with Crippen LogP contribution in [0, 0.1) is 0 Å². The van der Waals surface area contributed by atoms with Crippen molar-refractivity contribution in [3.8, 4) is 45.0 Å². The van der Waals surface area contributed by atoms with Gasteiger partial charge in [0.15, 0.2) is 0 Å². The van der Waals surface area contributed by atoms with Crippen molar-refractivity contribution in [1.29, 1.82) is 0 Å². The second-order valence-corrected chi connectivity index (χ2v) is 10.2. The maximum absolute atomic E-state index is 4.83. The molecule has 0 amide bonds. The number of hydrogen-bond donors (Lipinski definition) is 0. The predicted octanol–water partition coefficient (Wildman–Crippen LogP) is 11.9. The van der Waals surface area contributed by atoms with Crippen LogP contribution in [0.4, 0.5) is 0 Å². The highest BCUT2D eigenvalue weighted by molar-refractivity contribution is 6.15. The monoisotopic (exact) mass is 598 g/mol. The van der Waals surface area contributed by atoms with Gasteiger partial charge in [-0.3, -0.25) is 0 Å². The largest absolute Gasteiger partial charge is 0.244 e. The molecule has 10 rings (SSSR count). The zero-order valence-electron chi connectivity index (χ0n) is 27.3. The Balaban J connectivity index is 0.000000139. The lowest BCUT2D eigenvalue weighted by molar-refractivity contribution is 1.32. The summed E-state index contributed by atoms with van der Waals surface area (Å²) in [5.74, 6) is 0. The molecule has 0 atom stereocenters. The number of nitrogens with zero attached hydrogens (tertiary/aromatic N) is 4. The van der Waals surface area contributed by atoms with Crippen LogP contribution in [-0.4, -0.2) is 19.9 Å². The molecule has 0 aliphatic heterocycles. The molecule has 0 radical (unpaired) electrons. The average molecular weight is 599 g/mol. The van der Waals surface area contributed by atoms with Gasteiger partial charge in [-0.25, -0.2) is 19.9 Å². The Morgan fingerprint density at radius 1 is 0.283 bits per heavy atom. The Hall–Kier alpha value is -5.48. The molecule has 0 unspecified atom stereocenters. The first-order valence-electron chi connectivity index (χ1n) is 16.4. The summed E-state index contributed by atoms with van der Waals surface area (Å²) in [7, 11) is 0. The molecule has 0 spiro atoms. The Kier molecular flexibility index (Phi) is 8.80. The summed E-state index contributed by atoms with van der Waals surface area (Å²) in [6.45, 7) is 12.0. The average Bonchev–Trinajstić information content (AvgIpc) is 3.63. The van der Waals surface area contributed by atoms with Crippen LogP contribution in [0.3, 0.4) is 0 Å². The van der Waals surface area contributed by atoms with Gasteiger partial charge in [-0.1, -0.05) is 139 Å². The lowest BCUT2D eigenvalue weighted by Gasteiger charge is -2.02. The van der Waals surface area contributed by atoms with Crippen molar-refractivity contribution in [2.24, 2.45) is 0 Å². The van der Waals surface area contributed by atoms with E-state index < -0.39 is 0 Å². The van der Waals surface area contributed by atoms with E-state index in [1.165, 1.54) is 43.8 Å². The van der Waals surface area contributed by atoms with E-state index in [1.54, 1.807) is 0 Å². The zero-order chi connectivity index (χ0) is 32.2. The van der Waals surface area contributed by atoms with E-state index in [4.69, 9.17) is 19.9 Å². The first-order valence-corrected chi connectivity index (χ1v) is 16.4. The van der Waals surface area contributed by atoms with E-state index in [2.05, 4.69) is 72.8 Å². The van der Waals surface area contributed by atoms with Crippen LogP contribution >= 0.6 is 0 Å². The minimum Gasteiger partial charge on any atom is -0.244 e. The molecule has 0 saturated carbocycles. The van der Waals surface area contributed by atoms with Crippen molar-refractivity contribution in [3.05, 3.63) is 121 Å². The van der Waals surface area contributed by atoms with Crippen molar-refractivity contribution in [3.63, 3.8) is 0 Å². The molecule has 4 nitrogen and oxygen atoms in total. The van der Waals surface area contributed by atoms with Gasteiger partial charge in [0.1, 0.15) is 0 Å². The molecule has 2 aliphatic carbocycles. The van der Waals surface area contributed by atoms with Gasteiger partial charge in [-0.15, -0.1) is 0 Å². The van der Waals surface area contributed by atoms with Crippen LogP contribution in [0.15, 0.2) is 121 Å². The zero-order valence-corrected chi connectivity index (χ0v) is 27.3. The van der Waals surface area contributed by atoms with Gasteiger partial charge in [0.2, 0.25) is 0 Å². The molecule has 2 heterocycles. The smallest absolute Gasteiger partial charge is 0.0979 e. The van der Waals surface area contributed by atoms with E-state index in [1.807, 2.05) is 90.1 Å². The standard InChI is InChI=1S/2C18H10N2.3C2H6/c2*1-2-10-15-14(9-1)19-17-12-7-3-5-11-6-4-8-13(16(11)12)18(17)20-15;3*1-2/h2*1-10H;3*1-2H3. The summed E-state index contributed by atoms with van der Waals surface area (Å²) in [4.78, 5) is 19.3. The van der Waals surface area contributed by atoms with Crippen LogP contribution in [-0.2, 0) is 0 Å². The number of aromatic nitrogens is 4. The molecule has 2 aliphatic rings. The predicted molar refractivity (Wildman–Crippen MR) is 197 cm³/mol. The molecule has 46 heavy (non-hydrogen) atoms. The molecule has 0 bridgehead atoms. The lowest BCUT2D eigenvalue weighted by Crippen LogP contribution is -1.89. The number of fused-ring (bicyclic) bond motifs is 8. The second kappa shape index (κ2) is 13.3. The normalized spacial score (nSPS) is 10.8. The van der Waals surface area contributed by atoms with Crippen LogP contribution < -0.4 is 0 Å². The summed E-state index contributed by atoms with van der Waals surface area (Å²) in [6.07, 6.45) is 0. The molecular formula is C42H38N4. The second-order valence-electron chi connectivity index (χ2n) is 10.2. The Morgan fingerprint density at radius 3 is 0.761 bits per heavy atom. The Morgan fingerprint density at radius 2 is 0.522 bits per heavy atom. The van der Waals surface area contributed by atoms with E-state index >= 15 is 0 Å². The molecule has 0 N–H and O–H groups in total. The summed E-state index contributed by atoms with van der Waals surface area (Å²) in [5, 5.41) is 5.06. The molecule has 6 aromatic carbocycles. The summed E-state index contributed by atoms with van der Waals surface area (Å²) in [5.41, 5.74) is 12.7. The number of benzene rings is 6. The van der Waals surface area contributed by atoms with Gasteiger partial charge in [0, 0.05) is 33.0 Å². The highest BCUT2D eigenvalue weighted by Gasteiger charge is 2.25. The quantitative estimate of drug-likeness (QED) is 0.174. The van der Waals surface area contributed by atoms with Crippen LogP contribution in [0.5, 0.6) is 0 Å². The van der Waals surface area contributed by atoms with Gasteiger partial charge >= 0.3 is 0 Å². The third kappa shape index (κ3) is 4.96. The number of hydrogen-bond acceptors (Lipinski definition) is 4. The van der Waals surface area contributed by atoms with Crippen molar-refractivity contribution in [2.45, 2.75) is 41.5 Å². The van der Waals surface area contributed by atoms with E-state index in [0.29, 0.717) is 0 Å². The highest BCUT2D eigenvalue weighted by Crippen LogP contribution is 2.46. The van der Waals surface area contributed by atoms with Gasteiger partial charge in [-0.2, -0.15) is 0 Å². The molecule has 226 valence electrons. The molecule has 0 fully saturated rings. The minimum atomic E-state index is 0.955. The maximum Gasteiger partial charge on any atom is 0.0979 e. The SMILES string of the molecule is CC.CC.CC.c1cc2c3c(cccc3c1)-c1nc3ccccc3nc1-2.c1cc2c3c(cccc3c1)-c1nc3ccccc3nc1-2. The van der Waals surface area contributed by atoms with E-state index in [-0.39, 0.29) is 0 Å². The number of para-hydroxylation sites is 4. The van der Waals surface area contributed by atoms with Crippen molar-refractivity contribution in [2.75, 3.05) is 0 Å². The first-order chi connectivity index (χ1) is 22.8. The molecule has 0 saturated heterocycles. The van der Waals surface area contributed by atoms with Gasteiger partial charge in [0.05, 0.1) is 44.8 Å². The molecule has 4 heteroatoms. The minimum absolute atomic E-state index is 0.955. The van der Waals surface area contributed by atoms with Crippen molar-refractivity contribution < 1.29 is 0 Å². The summed E-state index contributed by atoms with van der Waals surface area (Å²) < 4.78 is 0. The van der Waals surface area contributed by atoms with E-state index in [0.717, 1.165) is 44.8 Å². The molecule has 2 aromatic heterocycles. The fourth-order valence-electron chi connectivity index (χ4n) is 6.22. The molecular weight excluding hydrogens is 560 g/mol. The lowest BCUT2D eigenvalue weighted by atomic mass is 10.0. The summed E-state index contributed by atoms with van der Waals surface area (Å²) >= 11 is 0. The first kappa shape index (κ1) is 30.5. The van der Waals surface area contributed by atoms with Crippen LogP contribution in [0.25, 0.3) is 88.6 Å². The van der Waals surface area contributed by atoms with E-state index in [9.17, 15) is 0 Å². The Bertz CT molecular complexity index is 2020. The topological polar surface area (TPSA) is 51.6 Å². The van der Waals surface area contributed by atoms with Crippen molar-refractivity contribution in [1.82, 2.24) is 19.9 Å². The van der Waals surface area contributed by atoms with Gasteiger partial charge < -0.3 is 0 Å². The third-order valence-corrected chi connectivity index (χ3v) is 7.97. The van der Waals surface area contributed by atoms with Crippen LogP contribution in [0.1, 0.15) is 41.5 Å². The maximum atomic E-state index is 4.83. The highest BCUT2D eigenvalue weighted by atomic mass is 14.8. The fraction of sp³-hybridized carbons (Fsp3) is 0.143. The Labute approximate surface area is 270 Å².